The second-order valence-corrected chi connectivity index (χ2v) is 8.59. The third-order valence-electron chi connectivity index (χ3n) is 4.07. The van der Waals surface area contributed by atoms with Crippen molar-refractivity contribution in [3.63, 3.8) is 0 Å². The summed E-state index contributed by atoms with van der Waals surface area (Å²) < 4.78 is 28.0. The Balaban J connectivity index is 1.72. The highest BCUT2D eigenvalue weighted by Crippen LogP contribution is 2.18. The lowest BCUT2D eigenvalue weighted by molar-refractivity contribution is 0.0950. The van der Waals surface area contributed by atoms with Crippen molar-refractivity contribution < 1.29 is 13.2 Å². The van der Waals surface area contributed by atoms with E-state index in [9.17, 15) is 13.2 Å². The van der Waals surface area contributed by atoms with Gasteiger partial charge in [-0.05, 0) is 53.1 Å². The van der Waals surface area contributed by atoms with Gasteiger partial charge in [-0.15, -0.1) is 0 Å². The number of thiophene rings is 1. The summed E-state index contributed by atoms with van der Waals surface area (Å²) in [6, 6.07) is 16.9. The molecule has 7 heteroatoms. The van der Waals surface area contributed by atoms with Crippen LogP contribution in [0.15, 0.2) is 76.3 Å². The summed E-state index contributed by atoms with van der Waals surface area (Å²) in [6.45, 7) is 2.19. The maximum atomic E-state index is 12.7. The van der Waals surface area contributed by atoms with Crippen molar-refractivity contribution in [3.05, 3.63) is 88.1 Å². The van der Waals surface area contributed by atoms with E-state index in [-0.39, 0.29) is 16.8 Å². The highest BCUT2D eigenvalue weighted by Gasteiger charge is 2.19. The van der Waals surface area contributed by atoms with Crippen LogP contribution in [0.2, 0.25) is 0 Å². The molecule has 2 aromatic carbocycles. The molecule has 1 unspecified atom stereocenters. The second kappa shape index (κ2) is 8.47. The number of amides is 1. The van der Waals surface area contributed by atoms with Gasteiger partial charge in [-0.25, -0.2) is 13.1 Å². The lowest BCUT2D eigenvalue weighted by atomic mass is 10.1. The molecule has 1 heterocycles. The SMILES string of the molecule is CC(NS(=O)(=O)c1cccc(C(=O)NCc2ccsc2)c1)c1ccccc1. The van der Waals surface area contributed by atoms with Crippen LogP contribution in [0.25, 0.3) is 0 Å². The summed E-state index contributed by atoms with van der Waals surface area (Å²) in [5.74, 6) is -0.311. The maximum absolute atomic E-state index is 12.7. The van der Waals surface area contributed by atoms with Gasteiger partial charge in [0, 0.05) is 18.2 Å². The molecule has 3 rings (SSSR count). The third-order valence-corrected chi connectivity index (χ3v) is 6.34. The monoisotopic (exact) mass is 400 g/mol. The summed E-state index contributed by atoms with van der Waals surface area (Å²) >= 11 is 1.56. The molecule has 140 valence electrons. The molecule has 1 amide bonds. The Labute approximate surface area is 163 Å². The predicted octanol–water partition coefficient (Wildman–Crippen LogP) is 3.72. The van der Waals surface area contributed by atoms with Gasteiger partial charge in [0.1, 0.15) is 0 Å². The first-order valence-electron chi connectivity index (χ1n) is 8.42. The van der Waals surface area contributed by atoms with Crippen LogP contribution in [0.4, 0.5) is 0 Å². The molecule has 3 aromatic rings. The van der Waals surface area contributed by atoms with E-state index in [0.29, 0.717) is 12.1 Å². The molecular weight excluding hydrogens is 380 g/mol. The fraction of sp³-hybridized carbons (Fsp3) is 0.150. The van der Waals surface area contributed by atoms with E-state index in [1.54, 1.807) is 30.4 Å². The summed E-state index contributed by atoms with van der Waals surface area (Å²) in [7, 11) is -3.75. The average molecular weight is 401 g/mol. The van der Waals surface area contributed by atoms with Gasteiger partial charge < -0.3 is 5.32 Å². The van der Waals surface area contributed by atoms with Crippen LogP contribution in [0.5, 0.6) is 0 Å². The highest BCUT2D eigenvalue weighted by molar-refractivity contribution is 7.89. The molecule has 1 atom stereocenters. The molecule has 0 saturated carbocycles. The topological polar surface area (TPSA) is 75.3 Å². The first kappa shape index (κ1) is 19.3. The summed E-state index contributed by atoms with van der Waals surface area (Å²) in [5.41, 5.74) is 2.18. The Morgan fingerprint density at radius 1 is 1.07 bits per heavy atom. The largest absolute Gasteiger partial charge is 0.348 e. The zero-order valence-corrected chi connectivity index (χ0v) is 16.4. The fourth-order valence-corrected chi connectivity index (χ4v) is 4.54. The molecule has 1 aromatic heterocycles. The Kier molecular flexibility index (Phi) is 6.05. The van der Waals surface area contributed by atoms with Gasteiger partial charge in [-0.1, -0.05) is 36.4 Å². The number of sulfonamides is 1. The van der Waals surface area contributed by atoms with E-state index in [2.05, 4.69) is 10.0 Å². The zero-order valence-electron chi connectivity index (χ0n) is 14.8. The normalized spacial score (nSPS) is 12.5. The van der Waals surface area contributed by atoms with Gasteiger partial charge in [0.2, 0.25) is 10.0 Å². The van der Waals surface area contributed by atoms with Crippen LogP contribution in [0.1, 0.15) is 34.5 Å². The first-order valence-corrected chi connectivity index (χ1v) is 10.8. The molecule has 0 aliphatic heterocycles. The Morgan fingerprint density at radius 3 is 2.56 bits per heavy atom. The number of hydrogen-bond acceptors (Lipinski definition) is 4. The van der Waals surface area contributed by atoms with Crippen LogP contribution in [0, 0.1) is 0 Å². The maximum Gasteiger partial charge on any atom is 0.251 e. The molecule has 5 nitrogen and oxygen atoms in total. The summed E-state index contributed by atoms with van der Waals surface area (Å²) in [4.78, 5) is 12.4. The van der Waals surface area contributed by atoms with E-state index < -0.39 is 10.0 Å². The molecule has 0 spiro atoms. The molecule has 0 saturated heterocycles. The van der Waals surface area contributed by atoms with E-state index in [4.69, 9.17) is 0 Å². The Hall–Kier alpha value is -2.48. The summed E-state index contributed by atoms with van der Waals surface area (Å²) in [5, 5.41) is 6.69. The van der Waals surface area contributed by atoms with Gasteiger partial charge in [-0.3, -0.25) is 4.79 Å². The summed E-state index contributed by atoms with van der Waals surface area (Å²) in [6.07, 6.45) is 0. The second-order valence-electron chi connectivity index (χ2n) is 6.10. The van der Waals surface area contributed by atoms with E-state index >= 15 is 0 Å². The van der Waals surface area contributed by atoms with Gasteiger partial charge in [0.15, 0.2) is 0 Å². The van der Waals surface area contributed by atoms with Crippen LogP contribution in [0.3, 0.4) is 0 Å². The van der Waals surface area contributed by atoms with Gasteiger partial charge in [0.05, 0.1) is 4.90 Å². The van der Waals surface area contributed by atoms with E-state index in [1.807, 2.05) is 47.2 Å². The number of hydrogen-bond donors (Lipinski definition) is 2. The van der Waals surface area contributed by atoms with Crippen molar-refractivity contribution in [2.24, 2.45) is 0 Å². The number of rotatable bonds is 7. The fourth-order valence-electron chi connectivity index (χ4n) is 2.59. The van der Waals surface area contributed by atoms with Crippen LogP contribution < -0.4 is 10.0 Å². The first-order chi connectivity index (χ1) is 13.0. The van der Waals surface area contributed by atoms with Crippen LogP contribution >= 0.6 is 11.3 Å². The Morgan fingerprint density at radius 2 is 1.85 bits per heavy atom. The van der Waals surface area contributed by atoms with Gasteiger partial charge in [-0.2, -0.15) is 11.3 Å². The minimum atomic E-state index is -3.75. The molecule has 0 bridgehead atoms. The minimum absolute atomic E-state index is 0.0634. The lowest BCUT2D eigenvalue weighted by Crippen LogP contribution is -2.27. The highest BCUT2D eigenvalue weighted by atomic mass is 32.2. The van der Waals surface area contributed by atoms with Crippen molar-refractivity contribution in [3.8, 4) is 0 Å². The van der Waals surface area contributed by atoms with Crippen molar-refractivity contribution in [2.45, 2.75) is 24.4 Å². The third kappa shape index (κ3) is 5.03. The average Bonchev–Trinajstić information content (AvgIpc) is 3.20. The molecule has 0 fully saturated rings. The minimum Gasteiger partial charge on any atom is -0.348 e. The van der Waals surface area contributed by atoms with Crippen LogP contribution in [-0.2, 0) is 16.6 Å². The molecule has 0 aliphatic rings. The number of carbonyl (C=O) groups is 1. The Bertz CT molecular complexity index is 1000. The van der Waals surface area contributed by atoms with E-state index in [1.165, 1.54) is 12.1 Å². The zero-order chi connectivity index (χ0) is 19.3. The molecular formula is C20H20N2O3S2. The van der Waals surface area contributed by atoms with E-state index in [0.717, 1.165) is 11.1 Å². The predicted molar refractivity (Wildman–Crippen MR) is 107 cm³/mol. The van der Waals surface area contributed by atoms with Crippen molar-refractivity contribution in [2.75, 3.05) is 0 Å². The quantitative estimate of drug-likeness (QED) is 0.635. The van der Waals surface area contributed by atoms with Crippen LogP contribution in [-0.4, -0.2) is 14.3 Å². The lowest BCUT2D eigenvalue weighted by Gasteiger charge is -2.15. The van der Waals surface area contributed by atoms with Crippen molar-refractivity contribution in [1.29, 1.82) is 0 Å². The number of nitrogens with one attached hydrogen (secondary N) is 2. The molecule has 2 N–H and O–H groups in total. The van der Waals surface area contributed by atoms with Gasteiger partial charge in [0.25, 0.3) is 5.91 Å². The van der Waals surface area contributed by atoms with Crippen molar-refractivity contribution >= 4 is 27.3 Å². The number of carbonyl (C=O) groups excluding carboxylic acids is 1. The number of benzene rings is 2. The molecule has 0 aliphatic carbocycles. The van der Waals surface area contributed by atoms with Gasteiger partial charge >= 0.3 is 0 Å². The standard InChI is InChI=1S/C20H20N2O3S2/c1-15(17-6-3-2-4-7-17)22-27(24,25)19-9-5-8-18(12-19)20(23)21-13-16-10-11-26-14-16/h2-12,14-15,22H,13H2,1H3,(H,21,23). The smallest absolute Gasteiger partial charge is 0.251 e. The molecule has 27 heavy (non-hydrogen) atoms. The van der Waals surface area contributed by atoms with Crippen molar-refractivity contribution in [1.82, 2.24) is 10.0 Å². The molecule has 0 radical (unpaired) electrons.